The average molecular weight is 556 g/mol. The van der Waals surface area contributed by atoms with Crippen LogP contribution in [0.15, 0.2) is 47.6 Å². The fourth-order valence-electron chi connectivity index (χ4n) is 3.81. The number of methoxy groups -OCH3 is 2. The molecule has 2 N–H and O–H groups in total. The molecule has 38 heavy (non-hydrogen) atoms. The van der Waals surface area contributed by atoms with E-state index in [1.54, 1.807) is 24.3 Å². The van der Waals surface area contributed by atoms with Crippen LogP contribution in [0.2, 0.25) is 5.02 Å². The zero-order valence-electron chi connectivity index (χ0n) is 20.3. The molecule has 1 aromatic heterocycles. The molecule has 1 aliphatic rings. The second-order valence-electron chi connectivity index (χ2n) is 8.02. The van der Waals surface area contributed by atoms with Gasteiger partial charge in [0.1, 0.15) is 5.00 Å². The first-order valence-electron chi connectivity index (χ1n) is 11.3. The summed E-state index contributed by atoms with van der Waals surface area (Å²) in [4.78, 5) is 50.3. The number of hydrogen-bond donors (Lipinski definition) is 2. The maximum Gasteiger partial charge on any atom is 0.343 e. The molecule has 12 heteroatoms. The number of thiophene rings is 1. The molecular weight excluding hydrogens is 534 g/mol. The monoisotopic (exact) mass is 555 g/mol. The number of fused-ring (bicyclic) bond motifs is 1. The van der Waals surface area contributed by atoms with Gasteiger partial charge in [-0.1, -0.05) is 17.7 Å². The molecule has 10 nitrogen and oxygen atoms in total. The van der Waals surface area contributed by atoms with E-state index in [1.807, 2.05) is 0 Å². The van der Waals surface area contributed by atoms with Crippen molar-refractivity contribution in [2.45, 2.75) is 19.3 Å². The summed E-state index contributed by atoms with van der Waals surface area (Å²) in [5, 5.41) is 6.96. The van der Waals surface area contributed by atoms with E-state index in [0.717, 1.165) is 23.3 Å². The van der Waals surface area contributed by atoms with Gasteiger partial charge in [0.25, 0.3) is 0 Å². The Morgan fingerprint density at radius 3 is 2.55 bits per heavy atom. The number of esters is 2. The lowest BCUT2D eigenvalue weighted by molar-refractivity contribution is -0.136. The summed E-state index contributed by atoms with van der Waals surface area (Å²) in [5.74, 6) is -2.76. The summed E-state index contributed by atoms with van der Waals surface area (Å²) in [5.41, 5.74) is 4.05. The molecule has 3 aromatic rings. The number of hydrogen-bond acceptors (Lipinski definition) is 9. The highest BCUT2D eigenvalue weighted by atomic mass is 35.5. The number of carbonyl (C=O) groups excluding carboxylic acids is 4. The number of rotatable bonds is 7. The quantitative estimate of drug-likeness (QED) is 0.148. The van der Waals surface area contributed by atoms with Crippen molar-refractivity contribution < 1.29 is 33.4 Å². The third kappa shape index (κ3) is 6.01. The molecule has 0 spiro atoms. The van der Waals surface area contributed by atoms with Crippen LogP contribution in [0, 0.1) is 0 Å². The number of carbonyl (C=O) groups is 4. The first kappa shape index (κ1) is 26.8. The van der Waals surface area contributed by atoms with Crippen molar-refractivity contribution in [3.05, 3.63) is 74.6 Å². The standard InChI is InChI=1S/C26H22ClN3O7S/c1-35-19-11-14(9-10-18(19)37-25(33)15-5-3-6-16(27)12-15)13-28-30-23(32)22(31)29-24-21(26(34)36-2)17-7-4-8-20(17)38-24/h3,5-6,9-13H,4,7-8H2,1-2H3,(H,29,31)(H,30,32)/b28-13+. The number of nitrogens with one attached hydrogen (secondary N) is 2. The lowest BCUT2D eigenvalue weighted by Crippen LogP contribution is -2.32. The van der Waals surface area contributed by atoms with E-state index in [1.165, 1.54) is 50.0 Å². The van der Waals surface area contributed by atoms with Crippen LogP contribution in [-0.4, -0.2) is 44.2 Å². The minimum atomic E-state index is -1.02. The lowest BCUT2D eigenvalue weighted by atomic mass is 10.1. The van der Waals surface area contributed by atoms with Crippen LogP contribution in [0.3, 0.4) is 0 Å². The molecule has 2 amide bonds. The van der Waals surface area contributed by atoms with E-state index in [-0.39, 0.29) is 27.6 Å². The summed E-state index contributed by atoms with van der Waals surface area (Å²) in [7, 11) is 2.67. The van der Waals surface area contributed by atoms with Crippen LogP contribution in [-0.2, 0) is 27.2 Å². The van der Waals surface area contributed by atoms with Crippen molar-refractivity contribution >= 4 is 57.9 Å². The van der Waals surface area contributed by atoms with E-state index in [0.29, 0.717) is 17.0 Å². The maximum atomic E-state index is 12.4. The molecule has 4 rings (SSSR count). The highest BCUT2D eigenvalue weighted by Gasteiger charge is 2.29. The van der Waals surface area contributed by atoms with E-state index in [9.17, 15) is 19.2 Å². The second-order valence-corrected chi connectivity index (χ2v) is 9.56. The Labute approximate surface area is 226 Å². The van der Waals surface area contributed by atoms with Crippen molar-refractivity contribution in [3.63, 3.8) is 0 Å². The number of aryl methyl sites for hydroxylation is 1. The zero-order chi connectivity index (χ0) is 27.2. The molecule has 0 fully saturated rings. The minimum absolute atomic E-state index is 0.169. The van der Waals surface area contributed by atoms with Gasteiger partial charge < -0.3 is 19.5 Å². The molecular formula is C26H22ClN3O7S. The van der Waals surface area contributed by atoms with Gasteiger partial charge in [-0.3, -0.25) is 9.59 Å². The Morgan fingerprint density at radius 1 is 1.00 bits per heavy atom. The fraction of sp³-hybridized carbons (Fsp3) is 0.192. The van der Waals surface area contributed by atoms with Gasteiger partial charge in [-0.05, 0) is 66.8 Å². The SMILES string of the molecule is COC(=O)c1c(NC(=O)C(=O)N/N=C/c2ccc(OC(=O)c3cccc(Cl)c3)c(OC)c2)sc2c1CCC2. The predicted octanol–water partition coefficient (Wildman–Crippen LogP) is 3.99. The minimum Gasteiger partial charge on any atom is -0.493 e. The van der Waals surface area contributed by atoms with Crippen molar-refractivity contribution in [1.82, 2.24) is 5.43 Å². The van der Waals surface area contributed by atoms with Crippen LogP contribution in [0.4, 0.5) is 5.00 Å². The van der Waals surface area contributed by atoms with Gasteiger partial charge in [0.05, 0.1) is 31.6 Å². The maximum absolute atomic E-state index is 12.4. The molecule has 0 unspecified atom stereocenters. The topological polar surface area (TPSA) is 132 Å². The summed E-state index contributed by atoms with van der Waals surface area (Å²) >= 11 is 7.18. The van der Waals surface area contributed by atoms with Gasteiger partial charge in [-0.25, -0.2) is 15.0 Å². The number of ether oxygens (including phenoxy) is 3. The van der Waals surface area contributed by atoms with Gasteiger partial charge in [-0.2, -0.15) is 5.10 Å². The second kappa shape index (κ2) is 11.9. The Bertz CT molecular complexity index is 1450. The van der Waals surface area contributed by atoms with Crippen molar-refractivity contribution in [3.8, 4) is 11.5 Å². The highest BCUT2D eigenvalue weighted by molar-refractivity contribution is 7.17. The highest BCUT2D eigenvalue weighted by Crippen LogP contribution is 2.39. The molecule has 1 heterocycles. The third-order valence-corrected chi connectivity index (χ3v) is 7.02. The summed E-state index contributed by atoms with van der Waals surface area (Å²) < 4.78 is 15.5. The van der Waals surface area contributed by atoms with Crippen LogP contribution in [0.25, 0.3) is 0 Å². The van der Waals surface area contributed by atoms with Crippen LogP contribution >= 0.6 is 22.9 Å². The average Bonchev–Trinajstić information content (AvgIpc) is 3.49. The van der Waals surface area contributed by atoms with Gasteiger partial charge in [-0.15, -0.1) is 11.3 Å². The fourth-order valence-corrected chi connectivity index (χ4v) is 5.27. The Hall–Kier alpha value is -4.22. The van der Waals surface area contributed by atoms with Crippen LogP contribution in [0.1, 0.15) is 43.1 Å². The van der Waals surface area contributed by atoms with Crippen molar-refractivity contribution in [2.75, 3.05) is 19.5 Å². The number of nitrogens with zero attached hydrogens (tertiary/aromatic N) is 1. The molecule has 2 aromatic carbocycles. The van der Waals surface area contributed by atoms with Crippen LogP contribution in [0.5, 0.6) is 11.5 Å². The van der Waals surface area contributed by atoms with Gasteiger partial charge >= 0.3 is 23.8 Å². The summed E-state index contributed by atoms with van der Waals surface area (Å²) in [6.07, 6.45) is 3.73. The molecule has 1 aliphatic carbocycles. The molecule has 0 saturated heterocycles. The molecule has 0 aliphatic heterocycles. The van der Waals surface area contributed by atoms with Gasteiger partial charge in [0.2, 0.25) is 0 Å². The first-order chi connectivity index (χ1) is 18.3. The van der Waals surface area contributed by atoms with Crippen molar-refractivity contribution in [1.29, 1.82) is 0 Å². The van der Waals surface area contributed by atoms with E-state index in [2.05, 4.69) is 15.8 Å². The van der Waals surface area contributed by atoms with Gasteiger partial charge in [0.15, 0.2) is 11.5 Å². The number of halogens is 1. The first-order valence-corrected chi connectivity index (χ1v) is 12.5. The molecule has 0 radical (unpaired) electrons. The zero-order valence-corrected chi connectivity index (χ0v) is 21.9. The summed E-state index contributed by atoms with van der Waals surface area (Å²) in [6.45, 7) is 0. The van der Waals surface area contributed by atoms with Crippen molar-refractivity contribution in [2.24, 2.45) is 5.10 Å². The van der Waals surface area contributed by atoms with Gasteiger partial charge in [0, 0.05) is 9.90 Å². The Kier molecular flexibility index (Phi) is 8.39. The van der Waals surface area contributed by atoms with E-state index < -0.39 is 23.8 Å². The molecule has 0 saturated carbocycles. The Morgan fingerprint density at radius 2 is 1.82 bits per heavy atom. The van der Waals surface area contributed by atoms with E-state index >= 15 is 0 Å². The number of hydrazone groups is 1. The Balaban J connectivity index is 1.38. The van der Waals surface area contributed by atoms with Crippen LogP contribution < -0.4 is 20.2 Å². The molecule has 0 bridgehead atoms. The number of amides is 2. The number of anilines is 1. The lowest BCUT2D eigenvalue weighted by Gasteiger charge is -2.10. The third-order valence-electron chi connectivity index (χ3n) is 5.57. The largest absolute Gasteiger partial charge is 0.493 e. The smallest absolute Gasteiger partial charge is 0.343 e. The number of benzene rings is 2. The van der Waals surface area contributed by atoms with E-state index in [4.69, 9.17) is 25.8 Å². The normalized spacial score (nSPS) is 12.1. The molecule has 0 atom stereocenters. The molecule has 196 valence electrons. The summed E-state index contributed by atoms with van der Waals surface area (Å²) in [6, 6.07) is 10.9. The predicted molar refractivity (Wildman–Crippen MR) is 141 cm³/mol.